The predicted octanol–water partition coefficient (Wildman–Crippen LogP) is 16.0. The fourth-order valence-electron chi connectivity index (χ4n) is 19.0. The van der Waals surface area contributed by atoms with E-state index in [0.717, 1.165) is 82.9 Å². The summed E-state index contributed by atoms with van der Waals surface area (Å²) in [6.07, 6.45) is 36.6. The molecule has 8 rings (SSSR count). The minimum atomic E-state index is 0.546. The molecule has 316 valence electrons. The van der Waals surface area contributed by atoms with Gasteiger partial charge in [-0.3, -0.25) is 0 Å². The van der Waals surface area contributed by atoms with Gasteiger partial charge in [-0.05, 0) is 220 Å². The lowest BCUT2D eigenvalue weighted by molar-refractivity contribution is -0.168. The maximum absolute atomic E-state index is 7.34. The highest BCUT2D eigenvalue weighted by Crippen LogP contribution is 2.70. The van der Waals surface area contributed by atoms with Gasteiger partial charge in [0.1, 0.15) is 0 Å². The first kappa shape index (κ1) is 41.7. The molecule has 8 fully saturated rings. The van der Waals surface area contributed by atoms with E-state index in [9.17, 15) is 0 Å². The second-order valence-corrected chi connectivity index (χ2v) is 25.3. The van der Waals surface area contributed by atoms with Crippen LogP contribution in [0.1, 0.15) is 223 Å². The number of ether oxygens (including phenoxy) is 1. The van der Waals surface area contributed by atoms with Crippen LogP contribution in [0.25, 0.3) is 0 Å². The molecule has 14 unspecified atom stereocenters. The molecule has 8 aliphatic carbocycles. The van der Waals surface area contributed by atoms with Gasteiger partial charge < -0.3 is 4.74 Å². The molecule has 8 aliphatic rings. The Kier molecular flexibility index (Phi) is 12.2. The van der Waals surface area contributed by atoms with E-state index in [-0.39, 0.29) is 0 Å². The Morgan fingerprint density at radius 2 is 0.800 bits per heavy atom. The van der Waals surface area contributed by atoms with Gasteiger partial charge in [-0.2, -0.15) is 0 Å². The van der Waals surface area contributed by atoms with Crippen LogP contribution in [0.2, 0.25) is 0 Å². The van der Waals surface area contributed by atoms with Gasteiger partial charge in [0.05, 0.1) is 12.2 Å². The minimum absolute atomic E-state index is 0.546. The first-order valence-corrected chi connectivity index (χ1v) is 25.8. The van der Waals surface area contributed by atoms with Crippen LogP contribution < -0.4 is 0 Å². The third-order valence-electron chi connectivity index (χ3n) is 22.0. The lowest BCUT2D eigenvalue weighted by atomic mass is 9.44. The van der Waals surface area contributed by atoms with E-state index in [1.54, 1.807) is 12.8 Å². The molecule has 8 saturated carbocycles. The molecular formula is C54H94O. The second kappa shape index (κ2) is 16.1. The van der Waals surface area contributed by atoms with Gasteiger partial charge in [-0.1, -0.05) is 108 Å². The van der Waals surface area contributed by atoms with Crippen LogP contribution in [0.4, 0.5) is 0 Å². The zero-order chi connectivity index (χ0) is 38.9. The van der Waals surface area contributed by atoms with Crippen molar-refractivity contribution in [3.05, 3.63) is 0 Å². The van der Waals surface area contributed by atoms with E-state index in [1.165, 1.54) is 141 Å². The Labute approximate surface area is 343 Å². The SMILES string of the molecule is CC(C)CCC[C@@H](C)C1CCC2C3CC[C@H]4CC(OC5CCC6(C)C7CCC8(C)C(CCC8[C@H](C)CCCC(C)C)C7CC[C@H]6C5)CCC4(C)C3CCC21C. The molecule has 0 heterocycles. The van der Waals surface area contributed by atoms with Crippen LogP contribution in [-0.4, -0.2) is 12.2 Å². The number of hydrogen-bond donors (Lipinski definition) is 0. The first-order valence-electron chi connectivity index (χ1n) is 25.8. The smallest absolute Gasteiger partial charge is 0.0582 e. The van der Waals surface area contributed by atoms with Crippen LogP contribution in [0.3, 0.4) is 0 Å². The highest BCUT2D eigenvalue weighted by atomic mass is 16.5. The molecule has 0 spiro atoms. The fraction of sp³-hybridized carbons (Fsp3) is 1.00. The Bertz CT molecular complexity index is 1190. The average molecular weight is 759 g/mol. The summed E-state index contributed by atoms with van der Waals surface area (Å²) in [4.78, 5) is 0. The van der Waals surface area contributed by atoms with Gasteiger partial charge >= 0.3 is 0 Å². The van der Waals surface area contributed by atoms with Crippen molar-refractivity contribution in [2.75, 3.05) is 0 Å². The van der Waals surface area contributed by atoms with Crippen molar-refractivity contribution in [1.82, 2.24) is 0 Å². The van der Waals surface area contributed by atoms with Gasteiger partial charge in [0.25, 0.3) is 0 Å². The van der Waals surface area contributed by atoms with Crippen LogP contribution in [0.15, 0.2) is 0 Å². The maximum Gasteiger partial charge on any atom is 0.0582 e. The van der Waals surface area contributed by atoms with Gasteiger partial charge in [0, 0.05) is 0 Å². The molecule has 0 aliphatic heterocycles. The van der Waals surface area contributed by atoms with Crippen molar-refractivity contribution in [3.8, 4) is 0 Å². The van der Waals surface area contributed by atoms with E-state index in [1.807, 2.05) is 0 Å². The van der Waals surface area contributed by atoms with E-state index < -0.39 is 0 Å². The normalized spacial score (nSPS) is 50.4. The molecule has 0 radical (unpaired) electrons. The monoisotopic (exact) mass is 759 g/mol. The molecule has 0 bridgehead atoms. The van der Waals surface area contributed by atoms with Crippen molar-refractivity contribution < 1.29 is 4.74 Å². The third kappa shape index (κ3) is 7.44. The Hall–Kier alpha value is -0.0400. The molecular weight excluding hydrogens is 665 g/mol. The van der Waals surface area contributed by atoms with E-state index >= 15 is 0 Å². The fourth-order valence-corrected chi connectivity index (χ4v) is 19.0. The summed E-state index contributed by atoms with van der Waals surface area (Å²) in [5.74, 6) is 13.4. The van der Waals surface area contributed by atoms with Crippen molar-refractivity contribution >= 4 is 0 Å². The molecule has 0 saturated heterocycles. The Balaban J connectivity index is 0.840. The predicted molar refractivity (Wildman–Crippen MR) is 235 cm³/mol. The second-order valence-electron chi connectivity index (χ2n) is 25.3. The van der Waals surface area contributed by atoms with E-state index in [0.29, 0.717) is 33.9 Å². The molecule has 0 amide bonds. The first-order chi connectivity index (χ1) is 26.2. The standard InChI is InChI=1S/C54H94O/c1-35(2)13-11-15-37(5)45-21-23-47-43-19-17-39-33-41(25-29-51(39,7)49(43)27-31-53(45,47)9)55-42-26-30-52(8)40(34-42)18-20-44-48-24-22-46(38(6)16-12-14-36(3)4)54(48,10)32-28-50(44)52/h35-50H,11-34H2,1-10H3/t37-,38-,39+,40+,41?,42?,43?,44?,45?,46?,47?,48?,49?,50?,51?,52?,53?,54?/m1/s1. The van der Waals surface area contributed by atoms with Gasteiger partial charge in [0.15, 0.2) is 0 Å². The summed E-state index contributed by atoms with van der Waals surface area (Å²) in [7, 11) is 0. The maximum atomic E-state index is 7.34. The summed E-state index contributed by atoms with van der Waals surface area (Å²) < 4.78 is 7.34. The Morgan fingerprint density at radius 3 is 1.20 bits per heavy atom. The minimum Gasteiger partial charge on any atom is -0.375 e. The average Bonchev–Trinajstić information content (AvgIpc) is 3.68. The lowest BCUT2D eigenvalue weighted by Gasteiger charge is -2.62. The van der Waals surface area contributed by atoms with Crippen LogP contribution in [0.5, 0.6) is 0 Å². The topological polar surface area (TPSA) is 9.23 Å². The molecule has 0 aromatic heterocycles. The third-order valence-corrected chi connectivity index (χ3v) is 22.0. The molecule has 1 heteroatoms. The molecule has 1 nitrogen and oxygen atoms in total. The zero-order valence-corrected chi connectivity index (χ0v) is 38.6. The van der Waals surface area contributed by atoms with Crippen molar-refractivity contribution in [1.29, 1.82) is 0 Å². The zero-order valence-electron chi connectivity index (χ0n) is 38.6. The van der Waals surface area contributed by atoms with Crippen LogP contribution >= 0.6 is 0 Å². The van der Waals surface area contributed by atoms with Gasteiger partial charge in [-0.25, -0.2) is 0 Å². The summed E-state index contributed by atoms with van der Waals surface area (Å²) in [6, 6.07) is 0. The molecule has 0 aromatic rings. The van der Waals surface area contributed by atoms with Crippen LogP contribution in [-0.2, 0) is 4.74 Å². The molecule has 0 aromatic carbocycles. The van der Waals surface area contributed by atoms with Crippen molar-refractivity contribution in [2.24, 2.45) is 105 Å². The molecule has 0 N–H and O–H groups in total. The molecule has 55 heavy (non-hydrogen) atoms. The number of hydrogen-bond acceptors (Lipinski definition) is 1. The van der Waals surface area contributed by atoms with E-state index in [2.05, 4.69) is 69.2 Å². The van der Waals surface area contributed by atoms with Crippen LogP contribution in [0, 0.1) is 105 Å². The molecule has 18 atom stereocenters. The summed E-state index contributed by atoms with van der Waals surface area (Å²) in [6.45, 7) is 26.1. The highest BCUT2D eigenvalue weighted by molar-refractivity contribution is 5.12. The quantitative estimate of drug-likeness (QED) is 0.193. The van der Waals surface area contributed by atoms with Crippen molar-refractivity contribution in [3.63, 3.8) is 0 Å². The largest absolute Gasteiger partial charge is 0.375 e. The van der Waals surface area contributed by atoms with Gasteiger partial charge in [0.2, 0.25) is 0 Å². The summed E-state index contributed by atoms with van der Waals surface area (Å²) in [5, 5.41) is 0. The number of rotatable bonds is 12. The summed E-state index contributed by atoms with van der Waals surface area (Å²) in [5.41, 5.74) is 2.40. The van der Waals surface area contributed by atoms with Gasteiger partial charge in [-0.15, -0.1) is 0 Å². The lowest BCUT2D eigenvalue weighted by Crippen LogP contribution is -2.55. The Morgan fingerprint density at radius 1 is 0.418 bits per heavy atom. The number of fused-ring (bicyclic) bond motifs is 10. The summed E-state index contributed by atoms with van der Waals surface area (Å²) >= 11 is 0. The highest BCUT2D eigenvalue weighted by Gasteiger charge is 2.63. The van der Waals surface area contributed by atoms with Crippen molar-refractivity contribution in [2.45, 2.75) is 236 Å². The van der Waals surface area contributed by atoms with E-state index in [4.69, 9.17) is 4.74 Å².